The molecule has 0 atom stereocenters. The van der Waals surface area contributed by atoms with Crippen molar-refractivity contribution < 1.29 is 17.6 Å². The van der Waals surface area contributed by atoms with E-state index in [0.29, 0.717) is 27.9 Å². The Morgan fingerprint density at radius 1 is 1.00 bits per heavy atom. The van der Waals surface area contributed by atoms with Crippen LogP contribution < -0.4 is 16.2 Å². The molecule has 0 heterocycles. The van der Waals surface area contributed by atoms with Gasteiger partial charge in [-0.2, -0.15) is 0 Å². The number of nitrogen functional groups attached to an aromatic ring is 1. The number of benzene rings is 3. The van der Waals surface area contributed by atoms with Crippen LogP contribution in [0.2, 0.25) is 0 Å². The van der Waals surface area contributed by atoms with Crippen LogP contribution in [-0.2, 0) is 14.8 Å². The molecule has 3 rings (SSSR count). The molecule has 0 aliphatic heterocycles. The van der Waals surface area contributed by atoms with Crippen LogP contribution in [-0.4, -0.2) is 20.2 Å². The number of primary sulfonamides is 1. The standard InChI is InChI=1S/C22H19FN4O3S/c23-19(13-14-4-3-5-16(12-14)21(24)25)22(28)27-17-10-8-15(9-11-17)18-6-1-2-7-20(18)31(26,29)30/h1-13H,(H3,24,25)(H,27,28)(H2,26,29,30). The minimum Gasteiger partial charge on any atom is -0.384 e. The van der Waals surface area contributed by atoms with Crippen LogP contribution in [0.5, 0.6) is 0 Å². The molecule has 0 spiro atoms. The first-order valence-electron chi connectivity index (χ1n) is 9.00. The molecule has 0 fully saturated rings. The zero-order valence-electron chi connectivity index (χ0n) is 16.2. The van der Waals surface area contributed by atoms with Gasteiger partial charge in [0.25, 0.3) is 5.91 Å². The van der Waals surface area contributed by atoms with Crippen molar-refractivity contribution in [1.29, 1.82) is 5.41 Å². The van der Waals surface area contributed by atoms with Crippen LogP contribution in [0, 0.1) is 5.41 Å². The average molecular weight is 438 g/mol. The van der Waals surface area contributed by atoms with Crippen molar-refractivity contribution >= 4 is 33.5 Å². The molecular formula is C22H19FN4O3S. The number of carbonyl (C=O) groups is 1. The summed E-state index contributed by atoms with van der Waals surface area (Å²) in [6, 6.07) is 18.8. The third-order valence-corrected chi connectivity index (χ3v) is 5.32. The smallest absolute Gasteiger partial charge is 0.284 e. The van der Waals surface area contributed by atoms with Crippen molar-refractivity contribution in [3.8, 4) is 11.1 Å². The normalized spacial score (nSPS) is 11.7. The highest BCUT2D eigenvalue weighted by molar-refractivity contribution is 7.89. The van der Waals surface area contributed by atoms with E-state index in [1.54, 1.807) is 48.5 Å². The van der Waals surface area contributed by atoms with Crippen molar-refractivity contribution in [3.05, 3.63) is 89.8 Å². The fraction of sp³-hybridized carbons (Fsp3) is 0. The Morgan fingerprint density at radius 2 is 1.68 bits per heavy atom. The summed E-state index contributed by atoms with van der Waals surface area (Å²) < 4.78 is 37.9. The monoisotopic (exact) mass is 438 g/mol. The molecule has 0 aliphatic carbocycles. The molecular weight excluding hydrogens is 419 g/mol. The average Bonchev–Trinajstić information content (AvgIpc) is 2.74. The zero-order valence-corrected chi connectivity index (χ0v) is 17.0. The number of nitrogens with two attached hydrogens (primary N) is 2. The number of carbonyl (C=O) groups excluding carboxylic acids is 1. The molecule has 31 heavy (non-hydrogen) atoms. The van der Waals surface area contributed by atoms with Gasteiger partial charge in [0.1, 0.15) is 5.84 Å². The number of nitrogens with one attached hydrogen (secondary N) is 2. The van der Waals surface area contributed by atoms with Gasteiger partial charge in [0.05, 0.1) is 4.90 Å². The molecule has 158 valence electrons. The molecule has 0 saturated heterocycles. The maximum absolute atomic E-state index is 14.3. The lowest BCUT2D eigenvalue weighted by atomic mass is 10.1. The van der Waals surface area contributed by atoms with Gasteiger partial charge < -0.3 is 11.1 Å². The molecule has 0 saturated carbocycles. The van der Waals surface area contributed by atoms with E-state index in [-0.39, 0.29) is 10.7 Å². The van der Waals surface area contributed by atoms with Gasteiger partial charge in [0.2, 0.25) is 10.0 Å². The SMILES string of the molecule is N=C(N)c1cccc(C=C(F)C(=O)Nc2ccc(-c3ccccc3S(N)(=O)=O)cc2)c1. The number of halogens is 1. The number of hydrogen-bond donors (Lipinski definition) is 4. The molecule has 3 aromatic rings. The molecule has 9 heteroatoms. The van der Waals surface area contributed by atoms with Gasteiger partial charge in [-0.05, 0) is 41.5 Å². The topological polar surface area (TPSA) is 139 Å². The van der Waals surface area contributed by atoms with Crippen molar-refractivity contribution in [1.82, 2.24) is 0 Å². The first-order chi connectivity index (χ1) is 14.6. The van der Waals surface area contributed by atoms with E-state index in [1.165, 1.54) is 24.3 Å². The van der Waals surface area contributed by atoms with E-state index in [4.69, 9.17) is 16.3 Å². The van der Waals surface area contributed by atoms with Crippen LogP contribution in [0.25, 0.3) is 17.2 Å². The first-order valence-corrected chi connectivity index (χ1v) is 10.5. The molecule has 3 aromatic carbocycles. The van der Waals surface area contributed by atoms with Crippen LogP contribution >= 0.6 is 0 Å². The Bertz CT molecular complexity index is 1290. The fourth-order valence-electron chi connectivity index (χ4n) is 2.89. The van der Waals surface area contributed by atoms with E-state index < -0.39 is 21.8 Å². The van der Waals surface area contributed by atoms with Crippen molar-refractivity contribution in [2.75, 3.05) is 5.32 Å². The van der Waals surface area contributed by atoms with Crippen LogP contribution in [0.4, 0.5) is 10.1 Å². The predicted molar refractivity (Wildman–Crippen MR) is 118 cm³/mol. The van der Waals surface area contributed by atoms with Gasteiger partial charge in [-0.15, -0.1) is 0 Å². The highest BCUT2D eigenvalue weighted by Gasteiger charge is 2.15. The number of anilines is 1. The summed E-state index contributed by atoms with van der Waals surface area (Å²) in [6.07, 6.45) is 1.04. The Morgan fingerprint density at radius 3 is 2.32 bits per heavy atom. The number of amidine groups is 1. The molecule has 6 N–H and O–H groups in total. The van der Waals surface area contributed by atoms with Gasteiger partial charge in [0.15, 0.2) is 5.83 Å². The quantitative estimate of drug-likeness (QED) is 0.266. The lowest BCUT2D eigenvalue weighted by molar-refractivity contribution is -0.114. The summed E-state index contributed by atoms with van der Waals surface area (Å²) in [5.74, 6) is -2.14. The van der Waals surface area contributed by atoms with E-state index >= 15 is 0 Å². The maximum atomic E-state index is 14.3. The first kappa shape index (κ1) is 21.9. The summed E-state index contributed by atoms with van der Waals surface area (Å²) in [4.78, 5) is 12.1. The van der Waals surface area contributed by atoms with Crippen LogP contribution in [0.15, 0.2) is 83.5 Å². The van der Waals surface area contributed by atoms with E-state index in [2.05, 4.69) is 5.32 Å². The molecule has 0 unspecified atom stereocenters. The minimum atomic E-state index is -3.91. The second-order valence-electron chi connectivity index (χ2n) is 6.60. The number of sulfonamides is 1. The zero-order chi connectivity index (χ0) is 22.6. The van der Waals surface area contributed by atoms with Crippen LogP contribution in [0.1, 0.15) is 11.1 Å². The fourth-order valence-corrected chi connectivity index (χ4v) is 3.65. The maximum Gasteiger partial charge on any atom is 0.284 e. The lowest BCUT2D eigenvalue weighted by Gasteiger charge is -2.09. The Labute approximate surface area is 178 Å². The molecule has 0 aromatic heterocycles. The molecule has 7 nitrogen and oxygen atoms in total. The molecule has 0 aliphatic rings. The van der Waals surface area contributed by atoms with E-state index in [9.17, 15) is 17.6 Å². The highest BCUT2D eigenvalue weighted by atomic mass is 32.2. The minimum absolute atomic E-state index is 0.0199. The third kappa shape index (κ3) is 5.41. The third-order valence-electron chi connectivity index (χ3n) is 4.36. The van der Waals surface area contributed by atoms with Gasteiger partial charge in [-0.1, -0.05) is 48.5 Å². The van der Waals surface area contributed by atoms with Crippen molar-refractivity contribution in [3.63, 3.8) is 0 Å². The summed E-state index contributed by atoms with van der Waals surface area (Å²) in [6.45, 7) is 0. The van der Waals surface area contributed by atoms with Gasteiger partial charge in [0, 0.05) is 16.8 Å². The molecule has 1 amide bonds. The Kier molecular flexibility index (Phi) is 6.28. The summed E-state index contributed by atoms with van der Waals surface area (Å²) in [7, 11) is -3.91. The van der Waals surface area contributed by atoms with Gasteiger partial charge in [-0.3, -0.25) is 10.2 Å². The Balaban J connectivity index is 1.78. The molecule has 0 radical (unpaired) electrons. The van der Waals surface area contributed by atoms with E-state index in [0.717, 1.165) is 6.08 Å². The summed E-state index contributed by atoms with van der Waals surface area (Å²) >= 11 is 0. The summed E-state index contributed by atoms with van der Waals surface area (Å²) in [5, 5.41) is 15.1. The van der Waals surface area contributed by atoms with Gasteiger partial charge in [-0.25, -0.2) is 17.9 Å². The second-order valence-corrected chi connectivity index (χ2v) is 8.13. The largest absolute Gasteiger partial charge is 0.384 e. The summed E-state index contributed by atoms with van der Waals surface area (Å²) in [5.41, 5.74) is 7.52. The van der Waals surface area contributed by atoms with E-state index in [1.807, 2.05) is 0 Å². The lowest BCUT2D eigenvalue weighted by Crippen LogP contribution is -2.13. The van der Waals surface area contributed by atoms with Gasteiger partial charge >= 0.3 is 0 Å². The predicted octanol–water partition coefficient (Wildman–Crippen LogP) is 3.23. The number of rotatable bonds is 6. The number of amides is 1. The molecule has 0 bridgehead atoms. The van der Waals surface area contributed by atoms with Crippen molar-refractivity contribution in [2.45, 2.75) is 4.90 Å². The second kappa shape index (κ2) is 8.90. The highest BCUT2D eigenvalue weighted by Crippen LogP contribution is 2.27. The number of hydrogen-bond acceptors (Lipinski definition) is 4. The van der Waals surface area contributed by atoms with Crippen LogP contribution in [0.3, 0.4) is 0 Å². The van der Waals surface area contributed by atoms with Crippen molar-refractivity contribution in [2.24, 2.45) is 10.9 Å². The Hall–Kier alpha value is -3.82.